The molecule has 0 aliphatic heterocycles. The van der Waals surface area contributed by atoms with Gasteiger partial charge in [-0.2, -0.15) is 11.8 Å². The minimum Gasteiger partial charge on any atom is -0.352 e. The molecule has 0 saturated heterocycles. The van der Waals surface area contributed by atoms with E-state index in [0.717, 1.165) is 29.0 Å². The maximum absolute atomic E-state index is 4.49. The number of aromatic nitrogens is 2. The summed E-state index contributed by atoms with van der Waals surface area (Å²) in [6.07, 6.45) is 5.11. The molecule has 1 unspecified atom stereocenters. The van der Waals surface area contributed by atoms with Gasteiger partial charge in [-0.1, -0.05) is 18.2 Å². The van der Waals surface area contributed by atoms with E-state index in [1.807, 2.05) is 42.2 Å². The van der Waals surface area contributed by atoms with Crippen LogP contribution in [0.5, 0.6) is 0 Å². The summed E-state index contributed by atoms with van der Waals surface area (Å²) >= 11 is 1.86. The lowest BCUT2D eigenvalue weighted by Gasteiger charge is -2.13. The average Bonchev–Trinajstić information content (AvgIpc) is 2.36. The number of fused-ring (bicyclic) bond motifs is 1. The lowest BCUT2D eigenvalue weighted by Crippen LogP contribution is -2.17. The van der Waals surface area contributed by atoms with Crippen molar-refractivity contribution in [1.29, 1.82) is 0 Å². The number of nitrogens with zero attached hydrogens (tertiary/aromatic N) is 2. The van der Waals surface area contributed by atoms with E-state index in [1.165, 1.54) is 0 Å². The van der Waals surface area contributed by atoms with Crippen molar-refractivity contribution in [2.24, 2.45) is 0 Å². The monoisotopic (exact) mass is 247 g/mol. The number of rotatable bonds is 5. The van der Waals surface area contributed by atoms with Gasteiger partial charge in [-0.25, -0.2) is 9.97 Å². The molecule has 0 fully saturated rings. The van der Waals surface area contributed by atoms with Crippen molar-refractivity contribution in [3.63, 3.8) is 0 Å². The number of hydrogen-bond acceptors (Lipinski definition) is 4. The summed E-state index contributed by atoms with van der Waals surface area (Å²) in [5, 5.41) is 4.41. The number of anilines is 1. The normalized spacial score (nSPS) is 12.6. The molecule has 0 aliphatic carbocycles. The largest absolute Gasteiger partial charge is 0.352 e. The highest BCUT2D eigenvalue weighted by Gasteiger charge is 2.04. The molecule has 90 valence electrons. The minimum atomic E-state index is 0.406. The van der Waals surface area contributed by atoms with Crippen molar-refractivity contribution < 1.29 is 0 Å². The summed E-state index contributed by atoms with van der Waals surface area (Å²) in [5.41, 5.74) is 0.988. The highest BCUT2D eigenvalue weighted by atomic mass is 32.2. The van der Waals surface area contributed by atoms with Crippen molar-refractivity contribution in [2.45, 2.75) is 19.4 Å². The number of hydrogen-bond donors (Lipinski definition) is 1. The van der Waals surface area contributed by atoms with Gasteiger partial charge in [0.2, 0.25) is 5.95 Å². The van der Waals surface area contributed by atoms with Gasteiger partial charge in [0, 0.05) is 17.6 Å². The maximum Gasteiger partial charge on any atom is 0.223 e. The zero-order valence-electron chi connectivity index (χ0n) is 10.2. The Bertz CT molecular complexity index is 487. The van der Waals surface area contributed by atoms with Gasteiger partial charge in [-0.05, 0) is 31.4 Å². The summed E-state index contributed by atoms with van der Waals surface area (Å²) in [6, 6.07) is 8.44. The SMILES string of the molecule is CSCCC(C)Nc1ncc2ccccc2n1. The molecule has 1 N–H and O–H groups in total. The van der Waals surface area contributed by atoms with Crippen LogP contribution in [0.2, 0.25) is 0 Å². The van der Waals surface area contributed by atoms with E-state index in [1.54, 1.807) is 0 Å². The molecule has 0 amide bonds. The smallest absolute Gasteiger partial charge is 0.223 e. The number of benzene rings is 1. The van der Waals surface area contributed by atoms with Crippen molar-refractivity contribution in [2.75, 3.05) is 17.3 Å². The molecular formula is C13H17N3S. The molecule has 4 heteroatoms. The van der Waals surface area contributed by atoms with Crippen molar-refractivity contribution in [3.8, 4) is 0 Å². The van der Waals surface area contributed by atoms with Gasteiger partial charge in [0.25, 0.3) is 0 Å². The number of nitrogens with one attached hydrogen (secondary N) is 1. The molecule has 2 aromatic rings. The van der Waals surface area contributed by atoms with E-state index in [-0.39, 0.29) is 0 Å². The summed E-state index contributed by atoms with van der Waals surface area (Å²) in [6.45, 7) is 2.16. The van der Waals surface area contributed by atoms with E-state index in [4.69, 9.17) is 0 Å². The Morgan fingerprint density at radius 2 is 2.18 bits per heavy atom. The van der Waals surface area contributed by atoms with Crippen LogP contribution in [0, 0.1) is 0 Å². The Hall–Kier alpha value is -1.29. The Labute approximate surface area is 106 Å². The number of para-hydroxylation sites is 1. The van der Waals surface area contributed by atoms with Crippen LogP contribution < -0.4 is 5.32 Å². The van der Waals surface area contributed by atoms with Gasteiger partial charge < -0.3 is 5.32 Å². The van der Waals surface area contributed by atoms with Crippen molar-refractivity contribution in [3.05, 3.63) is 30.5 Å². The van der Waals surface area contributed by atoms with Crippen LogP contribution in [0.15, 0.2) is 30.5 Å². The average molecular weight is 247 g/mol. The first-order chi connectivity index (χ1) is 8.29. The van der Waals surface area contributed by atoms with Crippen molar-refractivity contribution >= 4 is 28.6 Å². The maximum atomic E-state index is 4.49. The quantitative estimate of drug-likeness (QED) is 0.880. The highest BCUT2D eigenvalue weighted by Crippen LogP contribution is 2.13. The van der Waals surface area contributed by atoms with Crippen LogP contribution in [0.4, 0.5) is 5.95 Å². The van der Waals surface area contributed by atoms with Crippen molar-refractivity contribution in [1.82, 2.24) is 9.97 Å². The fraction of sp³-hybridized carbons (Fsp3) is 0.385. The first kappa shape index (κ1) is 12.2. The molecule has 0 saturated carbocycles. The highest BCUT2D eigenvalue weighted by molar-refractivity contribution is 7.98. The summed E-state index contributed by atoms with van der Waals surface area (Å²) < 4.78 is 0. The summed E-state index contributed by atoms with van der Waals surface area (Å²) in [7, 11) is 0. The van der Waals surface area contributed by atoms with Gasteiger partial charge in [-0.15, -0.1) is 0 Å². The zero-order valence-corrected chi connectivity index (χ0v) is 11.0. The van der Waals surface area contributed by atoms with Crippen LogP contribution in [0.25, 0.3) is 10.9 Å². The van der Waals surface area contributed by atoms with Gasteiger partial charge in [0.1, 0.15) is 0 Å². The molecule has 1 atom stereocenters. The molecular weight excluding hydrogens is 230 g/mol. The molecule has 1 heterocycles. The third-order valence-corrected chi connectivity index (χ3v) is 3.26. The molecule has 0 bridgehead atoms. The second-order valence-electron chi connectivity index (χ2n) is 4.08. The molecule has 0 spiro atoms. The first-order valence-corrected chi connectivity index (χ1v) is 7.16. The zero-order chi connectivity index (χ0) is 12.1. The van der Waals surface area contributed by atoms with E-state index in [0.29, 0.717) is 6.04 Å². The molecule has 3 nitrogen and oxygen atoms in total. The molecule has 2 rings (SSSR count). The van der Waals surface area contributed by atoms with Gasteiger partial charge >= 0.3 is 0 Å². The van der Waals surface area contributed by atoms with Gasteiger partial charge in [0.05, 0.1) is 5.52 Å². The predicted molar refractivity (Wildman–Crippen MR) is 75.6 cm³/mol. The fourth-order valence-electron chi connectivity index (χ4n) is 1.63. The lowest BCUT2D eigenvalue weighted by molar-refractivity contribution is 0.761. The standard InChI is InChI=1S/C13H17N3S/c1-10(7-8-17-2)15-13-14-9-11-5-3-4-6-12(11)16-13/h3-6,9-10H,7-8H2,1-2H3,(H,14,15,16). The Balaban J connectivity index is 2.08. The fourth-order valence-corrected chi connectivity index (χ4v) is 2.22. The second kappa shape index (κ2) is 5.87. The third kappa shape index (κ3) is 3.33. The molecule has 0 radical (unpaired) electrons. The van der Waals surface area contributed by atoms with Crippen LogP contribution >= 0.6 is 11.8 Å². The van der Waals surface area contributed by atoms with Gasteiger partial charge in [0.15, 0.2) is 0 Å². The van der Waals surface area contributed by atoms with Crippen LogP contribution in [-0.2, 0) is 0 Å². The molecule has 17 heavy (non-hydrogen) atoms. The summed E-state index contributed by atoms with van der Waals surface area (Å²) in [5.74, 6) is 1.87. The Morgan fingerprint density at radius 3 is 3.00 bits per heavy atom. The minimum absolute atomic E-state index is 0.406. The van der Waals surface area contributed by atoms with Crippen LogP contribution in [0.1, 0.15) is 13.3 Å². The van der Waals surface area contributed by atoms with E-state index < -0.39 is 0 Å². The van der Waals surface area contributed by atoms with Gasteiger partial charge in [-0.3, -0.25) is 0 Å². The Kier molecular flexibility index (Phi) is 4.20. The second-order valence-corrected chi connectivity index (χ2v) is 5.06. The van der Waals surface area contributed by atoms with E-state index >= 15 is 0 Å². The topological polar surface area (TPSA) is 37.8 Å². The molecule has 1 aromatic heterocycles. The first-order valence-electron chi connectivity index (χ1n) is 5.77. The summed E-state index contributed by atoms with van der Waals surface area (Å²) in [4.78, 5) is 8.82. The Morgan fingerprint density at radius 1 is 1.35 bits per heavy atom. The van der Waals surface area contributed by atoms with E-state index in [2.05, 4.69) is 28.5 Å². The molecule has 0 aliphatic rings. The lowest BCUT2D eigenvalue weighted by atomic mass is 10.2. The van der Waals surface area contributed by atoms with Crippen LogP contribution in [-0.4, -0.2) is 28.0 Å². The van der Waals surface area contributed by atoms with E-state index in [9.17, 15) is 0 Å². The predicted octanol–water partition coefficient (Wildman–Crippen LogP) is 3.18. The third-order valence-electron chi connectivity index (χ3n) is 2.62. The van der Waals surface area contributed by atoms with Crippen LogP contribution in [0.3, 0.4) is 0 Å². The number of thioether (sulfide) groups is 1. The molecule has 1 aromatic carbocycles.